The first-order valence-electron chi connectivity index (χ1n) is 1.83. The second-order valence-electron chi connectivity index (χ2n) is 1.12. The maximum absolute atomic E-state index is 9.85. The summed E-state index contributed by atoms with van der Waals surface area (Å²) in [5.74, 6) is 0. The molecular formula is C5H3OS. The minimum Gasteiger partial charge on any atom is -0.298 e. The van der Waals surface area contributed by atoms with E-state index in [9.17, 15) is 4.79 Å². The summed E-state index contributed by atoms with van der Waals surface area (Å²) >= 11 is 1.41. The van der Waals surface area contributed by atoms with Gasteiger partial charge in [0.1, 0.15) is 0 Å². The molecule has 2 heteroatoms. The van der Waals surface area contributed by atoms with Crippen LogP contribution < -0.4 is 0 Å². The molecule has 0 bridgehead atoms. The number of thiophene rings is 1. The van der Waals surface area contributed by atoms with Gasteiger partial charge in [0.15, 0.2) is 6.29 Å². The highest BCUT2D eigenvalue weighted by atomic mass is 32.1. The van der Waals surface area contributed by atoms with Crippen LogP contribution in [0.1, 0.15) is 10.4 Å². The molecule has 1 aromatic heterocycles. The molecule has 7 heavy (non-hydrogen) atoms. The van der Waals surface area contributed by atoms with E-state index in [1.54, 1.807) is 11.4 Å². The van der Waals surface area contributed by atoms with E-state index in [1.165, 1.54) is 11.3 Å². The van der Waals surface area contributed by atoms with Gasteiger partial charge in [-0.25, -0.2) is 0 Å². The van der Waals surface area contributed by atoms with Crippen molar-refractivity contribution < 1.29 is 4.79 Å². The zero-order chi connectivity index (χ0) is 5.11. The molecule has 0 aromatic carbocycles. The Bertz CT molecular complexity index is 143. The Labute approximate surface area is 45.6 Å². The third-order valence-electron chi connectivity index (χ3n) is 0.625. The average Bonchev–Trinajstić information content (AvgIpc) is 2.14. The van der Waals surface area contributed by atoms with E-state index in [1.807, 2.05) is 0 Å². The quantitative estimate of drug-likeness (QED) is 0.500. The van der Waals surface area contributed by atoms with Crippen molar-refractivity contribution in [3.63, 3.8) is 0 Å². The third-order valence-corrected chi connectivity index (χ3v) is 1.27. The maximum atomic E-state index is 9.85. The Morgan fingerprint density at radius 1 is 1.86 bits per heavy atom. The van der Waals surface area contributed by atoms with Crippen molar-refractivity contribution in [2.24, 2.45) is 0 Å². The molecular weight excluding hydrogens is 108 g/mol. The summed E-state index contributed by atoms with van der Waals surface area (Å²) in [4.78, 5) is 9.85. The summed E-state index contributed by atoms with van der Waals surface area (Å²) in [7, 11) is 0. The molecule has 1 radical (unpaired) electrons. The summed E-state index contributed by atoms with van der Waals surface area (Å²) in [6.45, 7) is 0. The van der Waals surface area contributed by atoms with Gasteiger partial charge in [0.25, 0.3) is 0 Å². The van der Waals surface area contributed by atoms with Crippen LogP contribution in [0.5, 0.6) is 0 Å². The zero-order valence-electron chi connectivity index (χ0n) is 3.55. The average molecular weight is 111 g/mol. The number of carbonyl (C=O) groups is 1. The molecule has 1 nitrogen and oxygen atoms in total. The largest absolute Gasteiger partial charge is 0.298 e. The van der Waals surface area contributed by atoms with Gasteiger partial charge in [-0.1, -0.05) is 0 Å². The SMILES string of the molecule is O=Cc1c[c]sc1. The van der Waals surface area contributed by atoms with E-state index in [2.05, 4.69) is 5.38 Å². The first kappa shape index (κ1) is 4.53. The van der Waals surface area contributed by atoms with Crippen LogP contribution in [0, 0.1) is 5.38 Å². The van der Waals surface area contributed by atoms with E-state index in [-0.39, 0.29) is 0 Å². The fraction of sp³-hybridized carbons (Fsp3) is 0. The smallest absolute Gasteiger partial charge is 0.150 e. The summed E-state index contributed by atoms with van der Waals surface area (Å²) in [5.41, 5.74) is 0.713. The maximum Gasteiger partial charge on any atom is 0.150 e. The number of hydrogen-bond acceptors (Lipinski definition) is 2. The molecule has 0 atom stereocenters. The summed E-state index contributed by atoms with van der Waals surface area (Å²) < 4.78 is 0. The van der Waals surface area contributed by atoms with E-state index < -0.39 is 0 Å². The molecule has 1 heterocycles. The van der Waals surface area contributed by atoms with E-state index in [4.69, 9.17) is 0 Å². The van der Waals surface area contributed by atoms with E-state index in [0.29, 0.717) is 5.56 Å². The molecule has 0 aliphatic rings. The molecule has 0 aliphatic carbocycles. The predicted octanol–water partition coefficient (Wildman–Crippen LogP) is 1.36. The van der Waals surface area contributed by atoms with Gasteiger partial charge in [-0.05, 0) is 6.07 Å². The molecule has 1 rings (SSSR count). The second kappa shape index (κ2) is 1.89. The molecule has 35 valence electrons. The lowest BCUT2D eigenvalue weighted by Gasteiger charge is -1.65. The number of rotatable bonds is 1. The lowest BCUT2D eigenvalue weighted by molar-refractivity contribution is 0.112. The van der Waals surface area contributed by atoms with Crippen LogP contribution in [-0.2, 0) is 0 Å². The first-order valence-corrected chi connectivity index (χ1v) is 2.71. The van der Waals surface area contributed by atoms with Crippen LogP contribution >= 0.6 is 11.3 Å². The molecule has 1 aromatic rings. The van der Waals surface area contributed by atoms with Crippen LogP contribution in [0.4, 0.5) is 0 Å². The van der Waals surface area contributed by atoms with Gasteiger partial charge < -0.3 is 0 Å². The van der Waals surface area contributed by atoms with Gasteiger partial charge in [-0.3, -0.25) is 4.79 Å². The van der Waals surface area contributed by atoms with Crippen molar-refractivity contribution >= 4 is 17.6 Å². The highest BCUT2D eigenvalue weighted by molar-refractivity contribution is 7.07. The predicted molar refractivity (Wildman–Crippen MR) is 28.5 cm³/mol. The molecule has 0 N–H and O–H groups in total. The van der Waals surface area contributed by atoms with Crippen molar-refractivity contribution in [2.75, 3.05) is 0 Å². The van der Waals surface area contributed by atoms with Crippen molar-refractivity contribution in [3.05, 3.63) is 22.4 Å². The number of carbonyl (C=O) groups excluding carboxylic acids is 1. The second-order valence-corrected chi connectivity index (χ2v) is 1.82. The van der Waals surface area contributed by atoms with Crippen molar-refractivity contribution in [2.45, 2.75) is 0 Å². The fourth-order valence-corrected chi connectivity index (χ4v) is 0.832. The molecule has 0 unspecified atom stereocenters. The normalized spacial score (nSPS) is 8.57. The van der Waals surface area contributed by atoms with E-state index in [0.717, 1.165) is 6.29 Å². The molecule has 0 saturated heterocycles. The van der Waals surface area contributed by atoms with Crippen LogP contribution in [0.25, 0.3) is 0 Å². The first-order chi connectivity index (χ1) is 3.43. The van der Waals surface area contributed by atoms with Gasteiger partial charge in [0, 0.05) is 16.3 Å². The molecule has 0 spiro atoms. The molecule has 0 saturated carbocycles. The lowest BCUT2D eigenvalue weighted by atomic mass is 10.4. The molecule has 0 fully saturated rings. The standard InChI is InChI=1S/C5H3OS/c6-3-5-1-2-7-4-5/h1,3-4H. The summed E-state index contributed by atoms with van der Waals surface area (Å²) in [5, 5.41) is 4.55. The number of aldehydes is 1. The number of hydrogen-bond donors (Lipinski definition) is 0. The van der Waals surface area contributed by atoms with Crippen LogP contribution in [0.15, 0.2) is 11.4 Å². The Morgan fingerprint density at radius 3 is 3.00 bits per heavy atom. The van der Waals surface area contributed by atoms with Crippen molar-refractivity contribution in [1.82, 2.24) is 0 Å². The minimum absolute atomic E-state index is 0.713. The Morgan fingerprint density at radius 2 is 2.71 bits per heavy atom. The van der Waals surface area contributed by atoms with E-state index >= 15 is 0 Å². The van der Waals surface area contributed by atoms with Gasteiger partial charge >= 0.3 is 0 Å². The highest BCUT2D eigenvalue weighted by Crippen LogP contribution is 1.99. The van der Waals surface area contributed by atoms with Gasteiger partial charge in [-0.15, -0.1) is 11.3 Å². The van der Waals surface area contributed by atoms with Gasteiger partial charge in [0.2, 0.25) is 0 Å². The van der Waals surface area contributed by atoms with Crippen molar-refractivity contribution in [1.29, 1.82) is 0 Å². The van der Waals surface area contributed by atoms with Gasteiger partial charge in [0.05, 0.1) is 0 Å². The monoisotopic (exact) mass is 111 g/mol. The summed E-state index contributed by atoms with van der Waals surface area (Å²) in [6.07, 6.45) is 0.812. The topological polar surface area (TPSA) is 17.1 Å². The molecule has 0 amide bonds. The minimum atomic E-state index is 0.713. The van der Waals surface area contributed by atoms with Crippen LogP contribution in [0.3, 0.4) is 0 Å². The lowest BCUT2D eigenvalue weighted by Crippen LogP contribution is -1.64. The fourth-order valence-electron chi connectivity index (χ4n) is 0.300. The summed E-state index contributed by atoms with van der Waals surface area (Å²) in [6, 6.07) is 1.66. The Hall–Kier alpha value is -0.630. The van der Waals surface area contributed by atoms with Crippen molar-refractivity contribution in [3.8, 4) is 0 Å². The Balaban J connectivity index is 2.96. The Kier molecular flexibility index (Phi) is 1.22. The zero-order valence-corrected chi connectivity index (χ0v) is 4.37. The molecule has 0 aliphatic heterocycles. The van der Waals surface area contributed by atoms with Crippen LogP contribution in [0.2, 0.25) is 0 Å². The van der Waals surface area contributed by atoms with Crippen LogP contribution in [-0.4, -0.2) is 6.29 Å². The van der Waals surface area contributed by atoms with Gasteiger partial charge in [-0.2, -0.15) is 0 Å². The highest BCUT2D eigenvalue weighted by Gasteiger charge is 1.83. The third kappa shape index (κ3) is 0.871.